The Labute approximate surface area is 162 Å². The summed E-state index contributed by atoms with van der Waals surface area (Å²) in [4.78, 5) is 27.8. The van der Waals surface area contributed by atoms with Crippen molar-refractivity contribution in [2.45, 2.75) is 19.5 Å². The molecule has 27 heavy (non-hydrogen) atoms. The summed E-state index contributed by atoms with van der Waals surface area (Å²) in [6, 6.07) is -0.132. The molecule has 138 valence electrons. The van der Waals surface area contributed by atoms with E-state index >= 15 is 0 Å². The minimum atomic E-state index is -0.170. The Morgan fingerprint density at radius 2 is 2.22 bits per heavy atom. The zero-order valence-electron chi connectivity index (χ0n) is 14.2. The molecule has 2 N–H and O–H groups in total. The number of hydrogen-bond acceptors (Lipinski definition) is 9. The quantitative estimate of drug-likeness (QED) is 0.804. The molecule has 0 aromatic carbocycles. The monoisotopic (exact) mass is 401 g/mol. The Balaban J connectivity index is 1.37. The number of carbonyl (C=O) groups is 2. The number of anilines is 2. The summed E-state index contributed by atoms with van der Waals surface area (Å²) < 4.78 is 1.80. The largest absolute Gasteiger partial charge is 0.320 e. The van der Waals surface area contributed by atoms with Crippen molar-refractivity contribution in [2.24, 2.45) is 4.99 Å². The molecule has 3 heterocycles. The van der Waals surface area contributed by atoms with Crippen LogP contribution in [-0.4, -0.2) is 42.6 Å². The molecule has 0 radical (unpaired) electrons. The number of thioether (sulfide) groups is 1. The molecule has 0 atom stereocenters. The van der Waals surface area contributed by atoms with E-state index in [0.717, 1.165) is 16.4 Å². The molecule has 1 aliphatic carbocycles. The van der Waals surface area contributed by atoms with E-state index in [1.165, 1.54) is 35.3 Å². The first kappa shape index (κ1) is 17.6. The molecule has 0 fully saturated rings. The fraction of sp³-hybridized carbons (Fsp3) is 0.250. The van der Waals surface area contributed by atoms with Gasteiger partial charge in [-0.15, -0.1) is 10.2 Å². The van der Waals surface area contributed by atoms with Crippen molar-refractivity contribution in [1.82, 2.24) is 20.0 Å². The molecule has 9 nitrogen and oxygen atoms in total. The van der Waals surface area contributed by atoms with Crippen LogP contribution in [0.2, 0.25) is 0 Å². The first-order chi connectivity index (χ1) is 13.1. The van der Waals surface area contributed by atoms with E-state index in [1.54, 1.807) is 23.0 Å². The van der Waals surface area contributed by atoms with Crippen LogP contribution in [0.5, 0.6) is 0 Å². The van der Waals surface area contributed by atoms with Gasteiger partial charge in [-0.1, -0.05) is 35.3 Å². The van der Waals surface area contributed by atoms with Crippen molar-refractivity contribution in [3.05, 3.63) is 41.1 Å². The van der Waals surface area contributed by atoms with Gasteiger partial charge in [-0.05, 0) is 19.1 Å². The first-order valence-electron chi connectivity index (χ1n) is 8.09. The van der Waals surface area contributed by atoms with Crippen molar-refractivity contribution in [2.75, 3.05) is 16.4 Å². The summed E-state index contributed by atoms with van der Waals surface area (Å²) in [5.74, 6) is 0.818. The predicted molar refractivity (Wildman–Crippen MR) is 105 cm³/mol. The number of hydrogen-bond donors (Lipinski definition) is 2. The molecule has 1 amide bonds. The Morgan fingerprint density at radius 3 is 2.96 bits per heavy atom. The van der Waals surface area contributed by atoms with Gasteiger partial charge in [0.25, 0.3) is 0 Å². The molecular weight excluding hydrogens is 386 g/mol. The lowest BCUT2D eigenvalue weighted by molar-refractivity contribution is -0.114. The summed E-state index contributed by atoms with van der Waals surface area (Å²) in [6.07, 6.45) is 8.42. The number of fused-ring (bicyclic) bond motifs is 1. The van der Waals surface area contributed by atoms with E-state index in [0.29, 0.717) is 16.8 Å². The maximum absolute atomic E-state index is 12.1. The van der Waals surface area contributed by atoms with Gasteiger partial charge in [0.05, 0.1) is 24.5 Å². The normalized spacial score (nSPS) is 16.0. The van der Waals surface area contributed by atoms with Crippen LogP contribution >= 0.6 is 23.1 Å². The molecule has 2 aromatic heterocycles. The summed E-state index contributed by atoms with van der Waals surface area (Å²) in [6.45, 7) is 2.32. The third kappa shape index (κ3) is 3.98. The van der Waals surface area contributed by atoms with E-state index < -0.39 is 0 Å². The van der Waals surface area contributed by atoms with Crippen molar-refractivity contribution >= 4 is 50.9 Å². The third-order valence-corrected chi connectivity index (χ3v) is 5.46. The molecule has 0 bridgehead atoms. The molecule has 4 rings (SSSR count). The highest BCUT2D eigenvalue weighted by molar-refractivity contribution is 8.14. The van der Waals surface area contributed by atoms with Crippen molar-refractivity contribution in [3.8, 4) is 0 Å². The zero-order valence-corrected chi connectivity index (χ0v) is 15.9. The zero-order chi connectivity index (χ0) is 18.8. The lowest BCUT2D eigenvalue weighted by Crippen LogP contribution is -2.22. The number of amidine groups is 1. The van der Waals surface area contributed by atoms with Crippen LogP contribution in [0.25, 0.3) is 0 Å². The first-order valence-corrected chi connectivity index (χ1v) is 9.89. The number of ketones is 1. The van der Waals surface area contributed by atoms with Crippen LogP contribution in [0.15, 0.2) is 35.5 Å². The van der Waals surface area contributed by atoms with Gasteiger partial charge in [0, 0.05) is 5.56 Å². The van der Waals surface area contributed by atoms with E-state index in [2.05, 4.69) is 30.9 Å². The van der Waals surface area contributed by atoms with E-state index in [-0.39, 0.29) is 23.5 Å². The van der Waals surface area contributed by atoms with Crippen LogP contribution in [0.4, 0.5) is 10.9 Å². The SMILES string of the molecule is Cc1nnc(NC(=O)CSC2=NCc3cnn(C4C=CC(=O)C=C4)c3N2)s1. The smallest absolute Gasteiger partial charge is 0.236 e. The molecule has 11 heteroatoms. The van der Waals surface area contributed by atoms with Crippen LogP contribution < -0.4 is 10.6 Å². The second-order valence-electron chi connectivity index (χ2n) is 5.78. The Morgan fingerprint density at radius 1 is 1.41 bits per heavy atom. The van der Waals surface area contributed by atoms with Crippen LogP contribution in [-0.2, 0) is 16.1 Å². The number of aryl methyl sites for hydroxylation is 1. The van der Waals surface area contributed by atoms with Crippen LogP contribution in [0, 0.1) is 6.92 Å². The van der Waals surface area contributed by atoms with Gasteiger partial charge < -0.3 is 5.32 Å². The maximum atomic E-state index is 12.1. The Bertz CT molecular complexity index is 973. The number of aliphatic imine (C=N–C) groups is 1. The van der Waals surface area contributed by atoms with Gasteiger partial charge in [-0.25, -0.2) is 4.68 Å². The predicted octanol–water partition coefficient (Wildman–Crippen LogP) is 1.93. The summed E-state index contributed by atoms with van der Waals surface area (Å²) in [5.41, 5.74) is 0.965. The standard InChI is InChI=1S/C16H15N7O2S2/c1-9-21-22-16(27-9)19-13(25)8-26-15-17-6-10-7-18-23(14(10)20-15)11-2-4-12(24)5-3-11/h2-5,7,11H,6,8H2,1H3,(H,17,20)(H,19,22,25). The minimum absolute atomic E-state index is 0.0327. The number of rotatable bonds is 4. The molecule has 2 aliphatic rings. The van der Waals surface area contributed by atoms with E-state index in [4.69, 9.17) is 0 Å². The van der Waals surface area contributed by atoms with Gasteiger partial charge in [-0.3, -0.25) is 19.9 Å². The highest BCUT2D eigenvalue weighted by Crippen LogP contribution is 2.28. The van der Waals surface area contributed by atoms with Gasteiger partial charge in [0.2, 0.25) is 11.0 Å². The number of nitrogens with zero attached hydrogens (tertiary/aromatic N) is 5. The van der Waals surface area contributed by atoms with Crippen LogP contribution in [0.1, 0.15) is 16.6 Å². The Kier molecular flexibility index (Phi) is 4.86. The average molecular weight is 401 g/mol. The van der Waals surface area contributed by atoms with Gasteiger partial charge in [0.1, 0.15) is 10.8 Å². The maximum Gasteiger partial charge on any atom is 0.236 e. The highest BCUT2D eigenvalue weighted by Gasteiger charge is 2.22. The number of amides is 1. The number of carbonyl (C=O) groups excluding carboxylic acids is 2. The summed E-state index contributed by atoms with van der Waals surface area (Å²) in [5, 5.41) is 20.0. The summed E-state index contributed by atoms with van der Waals surface area (Å²) >= 11 is 2.64. The molecule has 0 saturated carbocycles. The van der Waals surface area contributed by atoms with Crippen molar-refractivity contribution in [1.29, 1.82) is 0 Å². The van der Waals surface area contributed by atoms with E-state index in [9.17, 15) is 9.59 Å². The fourth-order valence-electron chi connectivity index (χ4n) is 2.56. The third-order valence-electron chi connectivity index (χ3n) is 3.80. The molecule has 1 aliphatic heterocycles. The highest BCUT2D eigenvalue weighted by atomic mass is 32.2. The van der Waals surface area contributed by atoms with Gasteiger partial charge in [-0.2, -0.15) is 5.10 Å². The number of allylic oxidation sites excluding steroid dienone is 4. The molecule has 0 saturated heterocycles. The lowest BCUT2D eigenvalue weighted by Gasteiger charge is -2.20. The fourth-order valence-corrected chi connectivity index (χ4v) is 3.84. The molecule has 0 unspecified atom stereocenters. The summed E-state index contributed by atoms with van der Waals surface area (Å²) in [7, 11) is 0. The lowest BCUT2D eigenvalue weighted by atomic mass is 10.1. The van der Waals surface area contributed by atoms with Gasteiger partial charge in [0.15, 0.2) is 11.0 Å². The molecule has 2 aromatic rings. The molecule has 0 spiro atoms. The van der Waals surface area contributed by atoms with E-state index in [1.807, 2.05) is 6.92 Å². The second kappa shape index (κ2) is 7.45. The topological polar surface area (TPSA) is 114 Å². The average Bonchev–Trinajstić information content (AvgIpc) is 3.26. The van der Waals surface area contributed by atoms with Gasteiger partial charge >= 0.3 is 0 Å². The molecular formula is C16H15N7O2S2. The number of nitrogens with one attached hydrogen (secondary N) is 2. The second-order valence-corrected chi connectivity index (χ2v) is 7.93. The minimum Gasteiger partial charge on any atom is -0.320 e. The van der Waals surface area contributed by atoms with Crippen molar-refractivity contribution in [3.63, 3.8) is 0 Å². The van der Waals surface area contributed by atoms with Crippen molar-refractivity contribution < 1.29 is 9.59 Å². The van der Waals surface area contributed by atoms with Crippen LogP contribution in [0.3, 0.4) is 0 Å². The Hall–Kier alpha value is -2.79. The number of aromatic nitrogens is 4.